The summed E-state index contributed by atoms with van der Waals surface area (Å²) in [4.78, 5) is 0. The molecule has 15 heavy (non-hydrogen) atoms. The lowest BCUT2D eigenvalue weighted by Crippen LogP contribution is -2.15. The molecule has 1 rings (SSSR count). The molecule has 0 spiro atoms. The Hall–Kier alpha value is -1.17. The maximum atomic E-state index is 9.44. The largest absolute Gasteiger partial charge is 0.504 e. The fraction of sp³-hybridized carbons (Fsp3) is 0.333. The van der Waals surface area contributed by atoms with Crippen LogP contribution in [0, 0.1) is 0 Å². The zero-order valence-electron chi connectivity index (χ0n) is 8.05. The fourth-order valence-electron chi connectivity index (χ4n) is 1.22. The van der Waals surface area contributed by atoms with Crippen molar-refractivity contribution in [3.63, 3.8) is 0 Å². The summed E-state index contributed by atoms with van der Waals surface area (Å²) in [7, 11) is 0. The number of hydrogen-bond acceptors (Lipinski definition) is 5. The Balaban J connectivity index is 0.00000196. The van der Waals surface area contributed by atoms with E-state index in [0.29, 0.717) is 18.5 Å². The van der Waals surface area contributed by atoms with Gasteiger partial charge in [-0.05, 0) is 25.1 Å². The van der Waals surface area contributed by atoms with Crippen molar-refractivity contribution in [1.29, 1.82) is 0 Å². The van der Waals surface area contributed by atoms with E-state index in [2.05, 4.69) is 0 Å². The highest BCUT2D eigenvalue weighted by Crippen LogP contribution is 2.39. The zero-order valence-corrected chi connectivity index (χ0v) is 8.87. The predicted octanol–water partition coefficient (Wildman–Crippen LogP) is 0.574. The first-order valence-corrected chi connectivity index (χ1v) is 4.27. The summed E-state index contributed by atoms with van der Waals surface area (Å²) in [6.45, 7) is 0.391. The molecule has 0 amide bonds. The van der Waals surface area contributed by atoms with Crippen LogP contribution in [0.5, 0.6) is 17.2 Å². The average molecular weight is 235 g/mol. The van der Waals surface area contributed by atoms with E-state index in [9.17, 15) is 10.2 Å². The monoisotopic (exact) mass is 234 g/mol. The highest BCUT2D eigenvalue weighted by atomic mass is 35.5. The van der Waals surface area contributed by atoms with E-state index in [-0.39, 0.29) is 23.9 Å². The van der Waals surface area contributed by atoms with Crippen LogP contribution in [0.4, 0.5) is 0 Å². The van der Waals surface area contributed by atoms with E-state index in [0.717, 1.165) is 0 Å². The quantitative estimate of drug-likeness (QED) is 0.491. The van der Waals surface area contributed by atoms with Crippen LogP contribution in [0.1, 0.15) is 18.0 Å². The van der Waals surface area contributed by atoms with E-state index in [4.69, 9.17) is 16.6 Å². The maximum absolute atomic E-state index is 9.44. The number of phenols is 3. The van der Waals surface area contributed by atoms with E-state index < -0.39 is 11.8 Å². The molecule has 0 saturated carbocycles. The van der Waals surface area contributed by atoms with Crippen molar-refractivity contribution >= 4 is 12.4 Å². The Morgan fingerprint density at radius 3 is 2.27 bits per heavy atom. The van der Waals surface area contributed by atoms with Gasteiger partial charge in [-0.1, -0.05) is 0 Å². The van der Waals surface area contributed by atoms with Gasteiger partial charge in [0.2, 0.25) is 5.75 Å². The van der Waals surface area contributed by atoms with Gasteiger partial charge in [-0.15, -0.1) is 12.4 Å². The van der Waals surface area contributed by atoms with Crippen molar-refractivity contribution in [3.8, 4) is 17.2 Å². The highest BCUT2D eigenvalue weighted by Gasteiger charge is 2.15. The summed E-state index contributed by atoms with van der Waals surface area (Å²) < 4.78 is 0. The summed E-state index contributed by atoms with van der Waals surface area (Å²) in [6, 6.07) is 2.30. The van der Waals surface area contributed by atoms with Gasteiger partial charge in [0.05, 0.1) is 0 Å². The van der Waals surface area contributed by atoms with E-state index in [1.807, 2.05) is 0 Å². The Kier molecular flexibility index (Phi) is 5.21. The topological polar surface area (TPSA) is 113 Å². The SMILES string of the molecule is Cl.NCC[C@@H](N)c1ccc(O)c(O)c1O. The van der Waals surface area contributed by atoms with Crippen LogP contribution in [0.3, 0.4) is 0 Å². The molecule has 0 bridgehead atoms. The van der Waals surface area contributed by atoms with Gasteiger partial charge >= 0.3 is 0 Å². The zero-order chi connectivity index (χ0) is 10.7. The third-order valence-electron chi connectivity index (χ3n) is 2.04. The number of benzene rings is 1. The van der Waals surface area contributed by atoms with E-state index in [1.165, 1.54) is 12.1 Å². The molecule has 7 N–H and O–H groups in total. The van der Waals surface area contributed by atoms with Gasteiger partial charge in [0.25, 0.3) is 0 Å². The van der Waals surface area contributed by atoms with Crippen LogP contribution in [0.2, 0.25) is 0 Å². The minimum Gasteiger partial charge on any atom is -0.504 e. The lowest BCUT2D eigenvalue weighted by atomic mass is 10.0. The van der Waals surface area contributed by atoms with Crippen molar-refractivity contribution in [2.24, 2.45) is 11.5 Å². The molecule has 86 valence electrons. The summed E-state index contributed by atoms with van der Waals surface area (Å²) in [5.41, 5.74) is 11.4. The number of hydrogen-bond donors (Lipinski definition) is 5. The molecule has 0 unspecified atom stereocenters. The molecule has 0 fully saturated rings. The lowest BCUT2D eigenvalue weighted by molar-refractivity contribution is 0.362. The Labute approximate surface area is 93.7 Å². The average Bonchev–Trinajstić information content (AvgIpc) is 2.15. The molecule has 6 heteroatoms. The van der Waals surface area contributed by atoms with Crippen LogP contribution in [-0.2, 0) is 0 Å². The van der Waals surface area contributed by atoms with Gasteiger partial charge in [-0.3, -0.25) is 0 Å². The van der Waals surface area contributed by atoms with Crippen molar-refractivity contribution in [3.05, 3.63) is 17.7 Å². The molecule has 0 heterocycles. The number of phenolic OH excluding ortho intramolecular Hbond substituents is 3. The maximum Gasteiger partial charge on any atom is 0.200 e. The molecule has 0 aliphatic carbocycles. The molecular formula is C9H15ClN2O3. The molecule has 0 aromatic heterocycles. The van der Waals surface area contributed by atoms with Crippen LogP contribution in [-0.4, -0.2) is 21.9 Å². The summed E-state index contributed by atoms with van der Waals surface area (Å²) in [5.74, 6) is -1.30. The molecule has 0 aliphatic heterocycles. The molecule has 1 atom stereocenters. The van der Waals surface area contributed by atoms with Crippen LogP contribution >= 0.6 is 12.4 Å². The van der Waals surface area contributed by atoms with E-state index in [1.54, 1.807) is 0 Å². The molecule has 1 aromatic rings. The Morgan fingerprint density at radius 1 is 1.13 bits per heavy atom. The minimum atomic E-state index is -0.546. The smallest absolute Gasteiger partial charge is 0.200 e. The van der Waals surface area contributed by atoms with Gasteiger partial charge < -0.3 is 26.8 Å². The predicted molar refractivity (Wildman–Crippen MR) is 59.3 cm³/mol. The molecule has 1 aromatic carbocycles. The molecule has 0 saturated heterocycles. The highest BCUT2D eigenvalue weighted by molar-refractivity contribution is 5.85. The van der Waals surface area contributed by atoms with Gasteiger partial charge in [0.1, 0.15) is 0 Å². The first-order chi connectivity index (χ1) is 6.57. The van der Waals surface area contributed by atoms with Gasteiger partial charge in [-0.25, -0.2) is 0 Å². The first-order valence-electron chi connectivity index (χ1n) is 4.27. The molecule has 0 radical (unpaired) electrons. The Morgan fingerprint density at radius 2 is 1.73 bits per heavy atom. The van der Waals surface area contributed by atoms with Crippen LogP contribution in [0.15, 0.2) is 12.1 Å². The second-order valence-corrected chi connectivity index (χ2v) is 3.05. The summed E-state index contributed by atoms with van der Waals surface area (Å²) >= 11 is 0. The Bertz CT molecular complexity index is 333. The first kappa shape index (κ1) is 13.8. The van der Waals surface area contributed by atoms with E-state index >= 15 is 0 Å². The van der Waals surface area contributed by atoms with Gasteiger partial charge in [0, 0.05) is 11.6 Å². The van der Waals surface area contributed by atoms with Gasteiger partial charge in [0.15, 0.2) is 11.5 Å². The lowest BCUT2D eigenvalue weighted by Gasteiger charge is -2.13. The third kappa shape index (κ3) is 2.89. The normalized spacial score (nSPS) is 11.9. The number of aromatic hydroxyl groups is 3. The van der Waals surface area contributed by atoms with Gasteiger partial charge in [-0.2, -0.15) is 0 Å². The fourth-order valence-corrected chi connectivity index (χ4v) is 1.22. The third-order valence-corrected chi connectivity index (χ3v) is 2.04. The second kappa shape index (κ2) is 5.65. The molecular weight excluding hydrogens is 220 g/mol. The molecule has 0 aliphatic rings. The number of nitrogens with two attached hydrogens (primary N) is 2. The number of rotatable bonds is 3. The van der Waals surface area contributed by atoms with Crippen LogP contribution < -0.4 is 11.5 Å². The number of halogens is 1. The van der Waals surface area contributed by atoms with Crippen molar-refractivity contribution in [2.75, 3.05) is 6.54 Å². The molecule has 5 nitrogen and oxygen atoms in total. The van der Waals surface area contributed by atoms with Crippen molar-refractivity contribution in [2.45, 2.75) is 12.5 Å². The second-order valence-electron chi connectivity index (χ2n) is 3.05. The van der Waals surface area contributed by atoms with Crippen molar-refractivity contribution < 1.29 is 15.3 Å². The van der Waals surface area contributed by atoms with Crippen LogP contribution in [0.25, 0.3) is 0 Å². The summed E-state index contributed by atoms with van der Waals surface area (Å²) in [6.07, 6.45) is 0.498. The minimum absolute atomic E-state index is 0. The summed E-state index contributed by atoms with van der Waals surface area (Å²) in [5, 5.41) is 27.7. The standard InChI is InChI=1S/C9H14N2O3.ClH/c10-4-3-6(11)5-1-2-7(12)9(14)8(5)13;/h1-2,6,12-14H,3-4,10-11H2;1H/t6-;/m1./s1. The van der Waals surface area contributed by atoms with Crippen molar-refractivity contribution in [1.82, 2.24) is 0 Å².